The van der Waals surface area contributed by atoms with Gasteiger partial charge in [0.25, 0.3) is 0 Å². The third kappa shape index (κ3) is 4.41. The van der Waals surface area contributed by atoms with Crippen molar-refractivity contribution in [2.24, 2.45) is 0 Å². The number of pyridine rings is 1. The van der Waals surface area contributed by atoms with Crippen molar-refractivity contribution in [2.75, 3.05) is 5.32 Å². The Morgan fingerprint density at radius 3 is 2.19 bits per heavy atom. The lowest BCUT2D eigenvalue weighted by atomic mass is 9.87. The third-order valence-electron chi connectivity index (χ3n) is 5.32. The maximum atomic E-state index is 13.4. The van der Waals surface area contributed by atoms with Gasteiger partial charge in [0.15, 0.2) is 0 Å². The molecule has 31 heavy (non-hydrogen) atoms. The number of nitrogens with one attached hydrogen (secondary N) is 1. The molecule has 0 saturated carbocycles. The van der Waals surface area contributed by atoms with Gasteiger partial charge in [-0.3, -0.25) is 0 Å². The zero-order chi connectivity index (χ0) is 22.2. The molecule has 0 unspecified atom stereocenters. The minimum atomic E-state index is -4.41. The lowest BCUT2D eigenvalue weighted by Gasteiger charge is -2.19. The molecule has 0 aliphatic heterocycles. The average molecular weight is 420 g/mol. The van der Waals surface area contributed by atoms with E-state index in [0.717, 1.165) is 22.5 Å². The first-order valence-corrected chi connectivity index (χ1v) is 10.1. The molecule has 0 atom stereocenters. The maximum absolute atomic E-state index is 13.4. The molecule has 158 valence electrons. The van der Waals surface area contributed by atoms with E-state index >= 15 is 0 Å². The molecule has 1 N–H and O–H groups in total. The highest BCUT2D eigenvalue weighted by Gasteiger charge is 2.33. The summed E-state index contributed by atoms with van der Waals surface area (Å²) in [6, 6.07) is 20.9. The van der Waals surface area contributed by atoms with Crippen LogP contribution in [-0.2, 0) is 11.6 Å². The van der Waals surface area contributed by atoms with Crippen molar-refractivity contribution >= 4 is 22.3 Å². The Morgan fingerprint density at radius 2 is 1.52 bits per heavy atom. The molecule has 3 aromatic carbocycles. The van der Waals surface area contributed by atoms with Crippen molar-refractivity contribution in [3.05, 3.63) is 90.1 Å². The van der Waals surface area contributed by atoms with Gasteiger partial charge in [-0.05, 0) is 57.8 Å². The van der Waals surface area contributed by atoms with Gasteiger partial charge in [0, 0.05) is 17.3 Å². The Morgan fingerprint density at radius 1 is 0.806 bits per heavy atom. The second-order valence-electron chi connectivity index (χ2n) is 8.59. The predicted octanol–water partition coefficient (Wildman–Crippen LogP) is 7.96. The van der Waals surface area contributed by atoms with Gasteiger partial charge in [-0.1, -0.05) is 63.2 Å². The van der Waals surface area contributed by atoms with Gasteiger partial charge in [-0.2, -0.15) is 13.2 Å². The first kappa shape index (κ1) is 20.9. The highest BCUT2D eigenvalue weighted by Crippen LogP contribution is 2.38. The smallest absolute Gasteiger partial charge is 0.340 e. The predicted molar refractivity (Wildman–Crippen MR) is 121 cm³/mol. The second-order valence-corrected chi connectivity index (χ2v) is 8.59. The highest BCUT2D eigenvalue weighted by molar-refractivity contribution is 5.96. The lowest BCUT2D eigenvalue weighted by molar-refractivity contribution is -0.137. The lowest BCUT2D eigenvalue weighted by Crippen LogP contribution is -2.10. The molecule has 5 heteroatoms. The van der Waals surface area contributed by atoms with Crippen LogP contribution in [0.2, 0.25) is 0 Å². The number of anilines is 2. The molecule has 2 nitrogen and oxygen atoms in total. The molecule has 0 aliphatic carbocycles. The molecular weight excluding hydrogens is 397 g/mol. The fourth-order valence-corrected chi connectivity index (χ4v) is 3.62. The molecule has 1 aromatic heterocycles. The summed E-state index contributed by atoms with van der Waals surface area (Å²) in [7, 11) is 0. The normalized spacial score (nSPS) is 12.2. The van der Waals surface area contributed by atoms with Crippen LogP contribution in [0.25, 0.3) is 21.9 Å². The van der Waals surface area contributed by atoms with Crippen molar-refractivity contribution in [3.63, 3.8) is 0 Å². The topological polar surface area (TPSA) is 24.9 Å². The summed E-state index contributed by atoms with van der Waals surface area (Å²) in [5.41, 5.74) is 2.25. The van der Waals surface area contributed by atoms with Crippen LogP contribution in [0.1, 0.15) is 31.9 Å². The van der Waals surface area contributed by atoms with Crippen molar-refractivity contribution < 1.29 is 13.2 Å². The molecule has 0 bridgehead atoms. The SMILES string of the molecule is CC(C)(C)c1ccc(Nc2nccc3cc(-c4ccccc4C(F)(F)F)ccc23)cc1. The van der Waals surface area contributed by atoms with Gasteiger partial charge in [-0.15, -0.1) is 0 Å². The molecule has 0 fully saturated rings. The van der Waals surface area contributed by atoms with E-state index in [1.165, 1.54) is 17.7 Å². The quantitative estimate of drug-likeness (QED) is 0.364. The summed E-state index contributed by atoms with van der Waals surface area (Å²) in [4.78, 5) is 4.44. The van der Waals surface area contributed by atoms with Gasteiger partial charge in [0.2, 0.25) is 0 Å². The van der Waals surface area contributed by atoms with E-state index in [-0.39, 0.29) is 11.0 Å². The number of nitrogens with zero attached hydrogens (tertiary/aromatic N) is 1. The Hall–Kier alpha value is -3.34. The van der Waals surface area contributed by atoms with Crippen LogP contribution in [0.4, 0.5) is 24.7 Å². The van der Waals surface area contributed by atoms with E-state index in [1.54, 1.807) is 24.4 Å². The van der Waals surface area contributed by atoms with Gasteiger partial charge in [-0.25, -0.2) is 4.98 Å². The average Bonchev–Trinajstić information content (AvgIpc) is 2.73. The van der Waals surface area contributed by atoms with Crippen molar-refractivity contribution in [2.45, 2.75) is 32.4 Å². The Balaban J connectivity index is 1.70. The number of hydrogen-bond acceptors (Lipinski definition) is 2. The van der Waals surface area contributed by atoms with E-state index in [1.807, 2.05) is 24.3 Å². The van der Waals surface area contributed by atoms with Gasteiger partial charge in [0.05, 0.1) is 5.56 Å². The third-order valence-corrected chi connectivity index (χ3v) is 5.32. The van der Waals surface area contributed by atoms with Gasteiger partial charge in [0.1, 0.15) is 5.82 Å². The number of fused-ring (bicyclic) bond motifs is 1. The minimum Gasteiger partial charge on any atom is -0.340 e. The summed E-state index contributed by atoms with van der Waals surface area (Å²) in [5.74, 6) is 0.664. The zero-order valence-corrected chi connectivity index (χ0v) is 17.6. The Kier molecular flexibility index (Phi) is 5.21. The van der Waals surface area contributed by atoms with Crippen molar-refractivity contribution in [1.29, 1.82) is 0 Å². The summed E-state index contributed by atoms with van der Waals surface area (Å²) in [6.45, 7) is 6.49. The van der Waals surface area contributed by atoms with Crippen molar-refractivity contribution in [3.8, 4) is 11.1 Å². The van der Waals surface area contributed by atoms with E-state index in [4.69, 9.17) is 0 Å². The number of hydrogen-bond donors (Lipinski definition) is 1. The number of rotatable bonds is 3. The number of aromatic nitrogens is 1. The minimum absolute atomic E-state index is 0.0688. The molecule has 4 rings (SSSR count). The van der Waals surface area contributed by atoms with Gasteiger partial charge < -0.3 is 5.32 Å². The van der Waals surface area contributed by atoms with Crippen LogP contribution >= 0.6 is 0 Å². The summed E-state index contributed by atoms with van der Waals surface area (Å²) < 4.78 is 40.3. The Bertz CT molecular complexity index is 1220. The molecule has 0 spiro atoms. The fraction of sp³-hybridized carbons (Fsp3) is 0.192. The van der Waals surface area contributed by atoms with Crippen LogP contribution in [-0.4, -0.2) is 4.98 Å². The van der Waals surface area contributed by atoms with Gasteiger partial charge >= 0.3 is 6.18 Å². The van der Waals surface area contributed by atoms with E-state index in [0.29, 0.717) is 11.4 Å². The van der Waals surface area contributed by atoms with Crippen LogP contribution in [0.3, 0.4) is 0 Å². The second kappa shape index (κ2) is 7.73. The fourth-order valence-electron chi connectivity index (χ4n) is 3.62. The van der Waals surface area contributed by atoms with Crippen LogP contribution in [0, 0.1) is 0 Å². The van der Waals surface area contributed by atoms with Crippen LogP contribution in [0.15, 0.2) is 79.0 Å². The zero-order valence-electron chi connectivity index (χ0n) is 17.6. The Labute approximate surface area is 179 Å². The van der Waals surface area contributed by atoms with E-state index in [9.17, 15) is 13.2 Å². The van der Waals surface area contributed by atoms with E-state index in [2.05, 4.69) is 43.2 Å². The molecular formula is C26H23F3N2. The van der Waals surface area contributed by atoms with Crippen LogP contribution < -0.4 is 5.32 Å². The molecule has 0 radical (unpaired) electrons. The first-order valence-electron chi connectivity index (χ1n) is 10.1. The molecule has 1 heterocycles. The van der Waals surface area contributed by atoms with E-state index < -0.39 is 11.7 Å². The monoisotopic (exact) mass is 420 g/mol. The summed E-state index contributed by atoms with van der Waals surface area (Å²) in [5, 5.41) is 4.99. The first-order chi connectivity index (χ1) is 14.6. The largest absolute Gasteiger partial charge is 0.417 e. The van der Waals surface area contributed by atoms with Crippen LogP contribution in [0.5, 0.6) is 0 Å². The summed E-state index contributed by atoms with van der Waals surface area (Å²) >= 11 is 0. The number of halogens is 3. The van der Waals surface area contributed by atoms with Crippen molar-refractivity contribution in [1.82, 2.24) is 4.98 Å². The summed E-state index contributed by atoms with van der Waals surface area (Å²) in [6.07, 6.45) is -2.75. The maximum Gasteiger partial charge on any atom is 0.417 e. The molecule has 0 amide bonds. The standard InChI is InChI=1S/C26H23F3N2/c1-25(2,3)19-9-11-20(12-10-19)31-24-22-13-8-17(16-18(22)14-15-30-24)21-6-4-5-7-23(21)26(27,28)29/h4-16H,1-3H3,(H,30,31). The molecule has 4 aromatic rings. The number of benzene rings is 3. The highest BCUT2D eigenvalue weighted by atomic mass is 19.4. The number of alkyl halides is 3. The molecule has 0 saturated heterocycles. The molecule has 0 aliphatic rings.